The number of aromatic nitrogens is 1. The number of rotatable bonds is 2. The van der Waals surface area contributed by atoms with E-state index in [1.54, 1.807) is 12.1 Å². The molecule has 1 aliphatic carbocycles. The first-order valence-electron chi connectivity index (χ1n) is 8.84. The summed E-state index contributed by atoms with van der Waals surface area (Å²) in [4.78, 5) is 4.33. The van der Waals surface area contributed by atoms with E-state index in [9.17, 15) is 10.5 Å². The number of fused-ring (bicyclic) bond motifs is 1. The first-order valence-corrected chi connectivity index (χ1v) is 9.22. The molecule has 2 heterocycles. The number of nitrogen functional groups attached to an aromatic ring is 1. The second kappa shape index (κ2) is 6.98. The molecule has 0 atom stereocenters. The third-order valence-corrected chi connectivity index (χ3v) is 5.28. The Kier molecular flexibility index (Phi) is 4.47. The van der Waals surface area contributed by atoms with Gasteiger partial charge in [-0.25, -0.2) is 4.98 Å². The quantitative estimate of drug-likeness (QED) is 0.604. The van der Waals surface area contributed by atoms with Crippen molar-refractivity contribution in [3.8, 4) is 23.5 Å². The molecule has 2 aromatic heterocycles. The van der Waals surface area contributed by atoms with Gasteiger partial charge in [0.25, 0.3) is 0 Å². The molecule has 0 unspecified atom stereocenters. The largest absolute Gasteiger partial charge is 0.457 e. The van der Waals surface area contributed by atoms with E-state index < -0.39 is 0 Å². The number of halogens is 1. The highest BCUT2D eigenvalue weighted by Crippen LogP contribution is 2.44. The van der Waals surface area contributed by atoms with E-state index in [-0.39, 0.29) is 5.82 Å². The molecule has 2 N–H and O–H groups in total. The van der Waals surface area contributed by atoms with Crippen LogP contribution in [0.3, 0.4) is 0 Å². The molecule has 4 rings (SSSR count). The number of furan rings is 1. The lowest BCUT2D eigenvalue weighted by molar-refractivity contribution is 0.572. The van der Waals surface area contributed by atoms with E-state index in [1.165, 1.54) is 0 Å². The van der Waals surface area contributed by atoms with Gasteiger partial charge in [0.2, 0.25) is 0 Å². The van der Waals surface area contributed by atoms with Gasteiger partial charge in [-0.2, -0.15) is 10.5 Å². The lowest BCUT2D eigenvalue weighted by Crippen LogP contribution is -2.03. The summed E-state index contributed by atoms with van der Waals surface area (Å²) in [6.45, 7) is 3.68. The van der Waals surface area contributed by atoms with E-state index in [4.69, 9.17) is 21.8 Å². The molecule has 29 heavy (non-hydrogen) atoms. The van der Waals surface area contributed by atoms with Crippen LogP contribution in [0.25, 0.3) is 28.5 Å². The minimum atomic E-state index is 0.133. The minimum absolute atomic E-state index is 0.133. The van der Waals surface area contributed by atoms with Crippen molar-refractivity contribution in [1.82, 2.24) is 4.98 Å². The van der Waals surface area contributed by atoms with Crippen LogP contribution in [0.1, 0.15) is 35.1 Å². The Morgan fingerprint density at radius 1 is 1.07 bits per heavy atom. The normalized spacial score (nSPS) is 14.0. The lowest BCUT2D eigenvalue weighted by Gasteiger charge is -2.10. The third-order valence-electron chi connectivity index (χ3n) is 5.03. The van der Waals surface area contributed by atoms with Crippen molar-refractivity contribution in [2.75, 3.05) is 5.73 Å². The third kappa shape index (κ3) is 2.99. The maximum absolute atomic E-state index is 9.64. The number of pyridine rings is 1. The van der Waals surface area contributed by atoms with Crippen molar-refractivity contribution >= 4 is 34.6 Å². The molecule has 3 aromatic rings. The van der Waals surface area contributed by atoms with Gasteiger partial charge in [-0.05, 0) is 73.0 Å². The Balaban J connectivity index is 1.86. The number of benzene rings is 1. The average molecular weight is 399 g/mol. The zero-order valence-corrected chi connectivity index (χ0v) is 16.5. The van der Waals surface area contributed by atoms with Crippen molar-refractivity contribution in [2.45, 2.75) is 13.8 Å². The van der Waals surface area contributed by atoms with Crippen LogP contribution in [0.5, 0.6) is 0 Å². The fraction of sp³-hybridized carbons (Fsp3) is 0.0870. The van der Waals surface area contributed by atoms with Crippen LogP contribution in [0.2, 0.25) is 5.02 Å². The molecular formula is C23H15ClN4O. The van der Waals surface area contributed by atoms with E-state index in [0.717, 1.165) is 22.3 Å². The van der Waals surface area contributed by atoms with E-state index >= 15 is 0 Å². The molecule has 0 fully saturated rings. The molecule has 1 aliphatic rings. The summed E-state index contributed by atoms with van der Waals surface area (Å²) in [7, 11) is 0. The smallest absolute Gasteiger partial charge is 0.142 e. The highest BCUT2D eigenvalue weighted by Gasteiger charge is 2.29. The van der Waals surface area contributed by atoms with Crippen LogP contribution < -0.4 is 5.73 Å². The van der Waals surface area contributed by atoms with Crippen LogP contribution in [-0.4, -0.2) is 4.98 Å². The van der Waals surface area contributed by atoms with Gasteiger partial charge in [-0.15, -0.1) is 0 Å². The lowest BCUT2D eigenvalue weighted by atomic mass is 9.96. The van der Waals surface area contributed by atoms with Crippen LogP contribution >= 0.6 is 11.6 Å². The van der Waals surface area contributed by atoms with E-state index in [2.05, 4.69) is 17.1 Å². The van der Waals surface area contributed by atoms with Crippen molar-refractivity contribution in [2.24, 2.45) is 0 Å². The van der Waals surface area contributed by atoms with Crippen molar-refractivity contribution in [3.63, 3.8) is 0 Å². The average Bonchev–Trinajstić information content (AvgIpc) is 3.26. The SMILES string of the molecule is CC1=C(C#N)c2nc(N)c(C#N)c(C)c2C1=Cc1ccc(-c2ccc(Cl)cc2)o1. The molecule has 140 valence electrons. The summed E-state index contributed by atoms with van der Waals surface area (Å²) in [6.07, 6.45) is 1.87. The monoisotopic (exact) mass is 398 g/mol. The molecule has 0 bridgehead atoms. The molecule has 0 aliphatic heterocycles. The Morgan fingerprint density at radius 2 is 1.79 bits per heavy atom. The van der Waals surface area contributed by atoms with Crippen molar-refractivity contribution in [3.05, 3.63) is 75.1 Å². The minimum Gasteiger partial charge on any atom is -0.457 e. The number of nitrogens with zero attached hydrogens (tertiary/aromatic N) is 3. The number of anilines is 1. The standard InChI is InChI=1S/C23H15ClN4O/c1-12-17(9-16-7-8-20(29-16)14-3-5-15(24)6-4-14)21-13(2)19(11-26)23(27)28-22(21)18(12)10-25/h3-9H,1-2H3,(H2,27,28). The van der Waals surface area contributed by atoms with Crippen molar-refractivity contribution < 1.29 is 4.42 Å². The summed E-state index contributed by atoms with van der Waals surface area (Å²) < 4.78 is 5.99. The molecule has 6 heteroatoms. The Morgan fingerprint density at radius 3 is 2.45 bits per heavy atom. The van der Waals surface area contributed by atoms with Gasteiger partial charge >= 0.3 is 0 Å². The van der Waals surface area contributed by atoms with Gasteiger partial charge in [-0.1, -0.05) is 11.6 Å². The first kappa shape index (κ1) is 18.6. The molecule has 5 nitrogen and oxygen atoms in total. The number of allylic oxidation sites excluding steroid dienone is 3. The summed E-state index contributed by atoms with van der Waals surface area (Å²) in [5.74, 6) is 1.47. The van der Waals surface area contributed by atoms with Crippen molar-refractivity contribution in [1.29, 1.82) is 10.5 Å². The molecule has 0 amide bonds. The van der Waals surface area contributed by atoms with Gasteiger partial charge in [0.15, 0.2) is 0 Å². The van der Waals surface area contributed by atoms with E-state index in [0.29, 0.717) is 38.9 Å². The predicted molar refractivity (Wildman–Crippen MR) is 113 cm³/mol. The van der Waals surface area contributed by atoms with Gasteiger partial charge in [-0.3, -0.25) is 0 Å². The molecule has 0 saturated heterocycles. The summed E-state index contributed by atoms with van der Waals surface area (Å²) in [5, 5.41) is 19.7. The highest BCUT2D eigenvalue weighted by atomic mass is 35.5. The topological polar surface area (TPSA) is 99.6 Å². The number of nitriles is 2. The second-order valence-corrected chi connectivity index (χ2v) is 7.15. The van der Waals surface area contributed by atoms with E-state index in [1.807, 2.05) is 44.2 Å². The maximum Gasteiger partial charge on any atom is 0.142 e. The Labute approximate surface area is 173 Å². The summed E-state index contributed by atoms with van der Waals surface area (Å²) in [6, 6.07) is 15.4. The molecule has 0 spiro atoms. The number of nitrogens with two attached hydrogens (primary N) is 1. The van der Waals surface area contributed by atoms with Gasteiger partial charge in [0.1, 0.15) is 29.5 Å². The second-order valence-electron chi connectivity index (χ2n) is 6.71. The first-order chi connectivity index (χ1) is 13.9. The molecular weight excluding hydrogens is 384 g/mol. The number of hydrogen-bond donors (Lipinski definition) is 1. The van der Waals surface area contributed by atoms with Crippen LogP contribution in [0, 0.1) is 29.6 Å². The zero-order valence-electron chi connectivity index (χ0n) is 15.7. The van der Waals surface area contributed by atoms with Gasteiger partial charge in [0.05, 0.1) is 16.8 Å². The highest BCUT2D eigenvalue weighted by molar-refractivity contribution is 6.30. The Hall–Kier alpha value is -3.80. The van der Waals surface area contributed by atoms with Crippen LogP contribution in [0.4, 0.5) is 5.82 Å². The maximum atomic E-state index is 9.64. The number of hydrogen-bond acceptors (Lipinski definition) is 5. The molecule has 0 radical (unpaired) electrons. The van der Waals surface area contributed by atoms with Gasteiger partial charge in [0, 0.05) is 16.1 Å². The Bertz CT molecular complexity index is 1300. The fourth-order valence-corrected chi connectivity index (χ4v) is 3.66. The van der Waals surface area contributed by atoms with Crippen LogP contribution in [0.15, 0.2) is 46.4 Å². The molecule has 1 aromatic carbocycles. The predicted octanol–water partition coefficient (Wildman–Crippen LogP) is 5.61. The van der Waals surface area contributed by atoms with Gasteiger partial charge < -0.3 is 10.2 Å². The zero-order chi connectivity index (χ0) is 20.7. The summed E-state index contributed by atoms with van der Waals surface area (Å²) >= 11 is 5.95. The molecule has 0 saturated carbocycles. The fourth-order valence-electron chi connectivity index (χ4n) is 3.54. The van der Waals surface area contributed by atoms with Crippen LogP contribution in [-0.2, 0) is 0 Å². The summed E-state index contributed by atoms with van der Waals surface area (Å²) in [5.41, 5.74) is 11.2.